The summed E-state index contributed by atoms with van der Waals surface area (Å²) < 4.78 is 1.20. The van der Waals surface area contributed by atoms with Gasteiger partial charge in [0.05, 0.1) is 0 Å². The van der Waals surface area contributed by atoms with Crippen LogP contribution in [0.4, 0.5) is 0 Å². The smallest absolute Gasteiger partial charge is 0.0177 e. The molecule has 0 aliphatic heterocycles. The molecule has 0 spiro atoms. The van der Waals surface area contributed by atoms with Crippen LogP contribution in [0, 0.1) is 11.8 Å². The number of rotatable bonds is 6. The van der Waals surface area contributed by atoms with Crippen LogP contribution in [-0.2, 0) is 6.42 Å². The van der Waals surface area contributed by atoms with Crippen LogP contribution in [0.5, 0.6) is 0 Å². The SMILES string of the molecule is CCCC1CCC(NCC)C(Cc2cccc(Br)c2)C1. The Kier molecular flexibility index (Phi) is 6.57. The quantitative estimate of drug-likeness (QED) is 0.753. The third-order valence-electron chi connectivity index (χ3n) is 4.64. The lowest BCUT2D eigenvalue weighted by atomic mass is 9.74. The normalized spacial score (nSPS) is 26.6. The fourth-order valence-corrected chi connectivity index (χ4v) is 4.20. The molecule has 0 saturated heterocycles. The first kappa shape index (κ1) is 16.0. The Bertz CT molecular complexity index is 404. The van der Waals surface area contributed by atoms with E-state index in [0.29, 0.717) is 6.04 Å². The van der Waals surface area contributed by atoms with Gasteiger partial charge in [-0.05, 0) is 61.8 Å². The fraction of sp³-hybridized carbons (Fsp3) is 0.667. The van der Waals surface area contributed by atoms with Crippen LogP contribution in [0.15, 0.2) is 28.7 Å². The molecular formula is C18H28BrN. The van der Waals surface area contributed by atoms with Gasteiger partial charge in [0.25, 0.3) is 0 Å². The molecule has 112 valence electrons. The molecule has 3 atom stereocenters. The van der Waals surface area contributed by atoms with E-state index in [-0.39, 0.29) is 0 Å². The average molecular weight is 338 g/mol. The van der Waals surface area contributed by atoms with Gasteiger partial charge in [-0.1, -0.05) is 54.8 Å². The predicted molar refractivity (Wildman–Crippen MR) is 91.0 cm³/mol. The summed E-state index contributed by atoms with van der Waals surface area (Å²) in [5.74, 6) is 1.75. The second-order valence-corrected chi connectivity index (χ2v) is 7.14. The van der Waals surface area contributed by atoms with Crippen molar-refractivity contribution in [2.24, 2.45) is 11.8 Å². The lowest BCUT2D eigenvalue weighted by molar-refractivity contribution is 0.195. The van der Waals surface area contributed by atoms with Gasteiger partial charge in [-0.15, -0.1) is 0 Å². The summed E-state index contributed by atoms with van der Waals surface area (Å²) in [5, 5.41) is 3.72. The van der Waals surface area contributed by atoms with E-state index in [9.17, 15) is 0 Å². The standard InChI is InChI=1S/C18H28BrN/c1-3-6-14-9-10-18(20-4-2)16(11-14)12-15-7-5-8-17(19)13-15/h5,7-8,13-14,16,18,20H,3-4,6,9-12H2,1-2H3. The van der Waals surface area contributed by atoms with E-state index in [1.54, 1.807) is 0 Å². The van der Waals surface area contributed by atoms with Crippen molar-refractivity contribution < 1.29 is 0 Å². The topological polar surface area (TPSA) is 12.0 Å². The molecule has 1 fully saturated rings. The Morgan fingerprint density at radius 3 is 2.80 bits per heavy atom. The van der Waals surface area contributed by atoms with Gasteiger partial charge < -0.3 is 5.32 Å². The van der Waals surface area contributed by atoms with E-state index >= 15 is 0 Å². The second kappa shape index (κ2) is 8.19. The molecule has 0 radical (unpaired) electrons. The van der Waals surface area contributed by atoms with E-state index in [1.165, 1.54) is 48.6 Å². The molecule has 1 nitrogen and oxygen atoms in total. The van der Waals surface area contributed by atoms with E-state index in [4.69, 9.17) is 0 Å². The maximum absolute atomic E-state index is 3.72. The van der Waals surface area contributed by atoms with E-state index < -0.39 is 0 Å². The minimum absolute atomic E-state index is 0.715. The van der Waals surface area contributed by atoms with Crippen LogP contribution in [0.2, 0.25) is 0 Å². The summed E-state index contributed by atoms with van der Waals surface area (Å²) in [6.07, 6.45) is 8.14. The van der Waals surface area contributed by atoms with Gasteiger partial charge >= 0.3 is 0 Å². The van der Waals surface area contributed by atoms with E-state index in [0.717, 1.165) is 18.4 Å². The number of halogens is 1. The van der Waals surface area contributed by atoms with Gasteiger partial charge in [0.2, 0.25) is 0 Å². The molecule has 20 heavy (non-hydrogen) atoms. The zero-order valence-electron chi connectivity index (χ0n) is 12.9. The van der Waals surface area contributed by atoms with Crippen molar-refractivity contribution >= 4 is 15.9 Å². The highest BCUT2D eigenvalue weighted by molar-refractivity contribution is 9.10. The zero-order valence-corrected chi connectivity index (χ0v) is 14.5. The van der Waals surface area contributed by atoms with Crippen LogP contribution in [0.25, 0.3) is 0 Å². The minimum atomic E-state index is 0.715. The molecular weight excluding hydrogens is 310 g/mol. The average Bonchev–Trinajstić information content (AvgIpc) is 2.42. The lowest BCUT2D eigenvalue weighted by Crippen LogP contribution is -2.41. The molecule has 1 aliphatic rings. The van der Waals surface area contributed by atoms with Gasteiger partial charge in [0.15, 0.2) is 0 Å². The summed E-state index contributed by atoms with van der Waals surface area (Å²) in [6, 6.07) is 9.55. The van der Waals surface area contributed by atoms with Gasteiger partial charge in [-0.2, -0.15) is 0 Å². The molecule has 1 aromatic rings. The molecule has 2 rings (SSSR count). The van der Waals surface area contributed by atoms with Crippen molar-refractivity contribution in [2.75, 3.05) is 6.54 Å². The molecule has 1 aromatic carbocycles. The highest BCUT2D eigenvalue weighted by Gasteiger charge is 2.29. The number of hydrogen-bond donors (Lipinski definition) is 1. The van der Waals surface area contributed by atoms with Crippen LogP contribution in [0.1, 0.15) is 51.5 Å². The van der Waals surface area contributed by atoms with Crippen LogP contribution < -0.4 is 5.32 Å². The van der Waals surface area contributed by atoms with Crippen LogP contribution >= 0.6 is 15.9 Å². The van der Waals surface area contributed by atoms with E-state index in [1.807, 2.05) is 0 Å². The van der Waals surface area contributed by atoms with Crippen molar-refractivity contribution in [3.63, 3.8) is 0 Å². The number of benzene rings is 1. The largest absolute Gasteiger partial charge is 0.314 e. The van der Waals surface area contributed by atoms with Crippen LogP contribution in [0.3, 0.4) is 0 Å². The van der Waals surface area contributed by atoms with E-state index in [2.05, 4.69) is 59.4 Å². The van der Waals surface area contributed by atoms with Gasteiger partial charge in [-0.25, -0.2) is 0 Å². The highest BCUT2D eigenvalue weighted by Crippen LogP contribution is 2.34. The van der Waals surface area contributed by atoms with Gasteiger partial charge in [-0.3, -0.25) is 0 Å². The second-order valence-electron chi connectivity index (χ2n) is 6.23. The maximum Gasteiger partial charge on any atom is 0.0177 e. The molecule has 2 heteroatoms. The fourth-order valence-electron chi connectivity index (χ4n) is 3.75. The van der Waals surface area contributed by atoms with Crippen LogP contribution in [-0.4, -0.2) is 12.6 Å². The molecule has 3 unspecified atom stereocenters. The zero-order chi connectivity index (χ0) is 14.4. The van der Waals surface area contributed by atoms with Gasteiger partial charge in [0, 0.05) is 10.5 Å². The summed E-state index contributed by atoms with van der Waals surface area (Å²) in [4.78, 5) is 0. The third kappa shape index (κ3) is 4.60. The molecule has 1 saturated carbocycles. The van der Waals surface area contributed by atoms with Crippen molar-refractivity contribution in [3.8, 4) is 0 Å². The summed E-state index contributed by atoms with van der Waals surface area (Å²) >= 11 is 3.59. The lowest BCUT2D eigenvalue weighted by Gasteiger charge is -2.37. The Morgan fingerprint density at radius 1 is 1.25 bits per heavy atom. The summed E-state index contributed by atoms with van der Waals surface area (Å²) in [6.45, 7) is 5.64. The molecule has 0 aromatic heterocycles. The molecule has 0 heterocycles. The summed E-state index contributed by atoms with van der Waals surface area (Å²) in [5.41, 5.74) is 1.48. The molecule has 0 amide bonds. The molecule has 1 N–H and O–H groups in total. The van der Waals surface area contributed by atoms with Gasteiger partial charge in [0.1, 0.15) is 0 Å². The van der Waals surface area contributed by atoms with Crippen molar-refractivity contribution in [1.29, 1.82) is 0 Å². The Hall–Kier alpha value is -0.340. The minimum Gasteiger partial charge on any atom is -0.314 e. The highest BCUT2D eigenvalue weighted by atomic mass is 79.9. The number of hydrogen-bond acceptors (Lipinski definition) is 1. The Labute approximate surface area is 132 Å². The molecule has 1 aliphatic carbocycles. The Balaban J connectivity index is 2.02. The Morgan fingerprint density at radius 2 is 2.10 bits per heavy atom. The first-order chi connectivity index (χ1) is 9.72. The predicted octanol–water partition coefficient (Wildman–Crippen LogP) is 5.19. The first-order valence-corrected chi connectivity index (χ1v) is 9.00. The van der Waals surface area contributed by atoms with Crippen molar-refractivity contribution in [2.45, 2.75) is 58.4 Å². The summed E-state index contributed by atoms with van der Waals surface area (Å²) in [7, 11) is 0. The van der Waals surface area contributed by atoms with Crippen molar-refractivity contribution in [1.82, 2.24) is 5.32 Å². The molecule has 0 bridgehead atoms. The van der Waals surface area contributed by atoms with Crippen molar-refractivity contribution in [3.05, 3.63) is 34.3 Å². The maximum atomic E-state index is 3.72. The first-order valence-electron chi connectivity index (χ1n) is 8.20. The monoisotopic (exact) mass is 337 g/mol. The number of nitrogens with one attached hydrogen (secondary N) is 1. The third-order valence-corrected chi connectivity index (χ3v) is 5.13.